The molecule has 4 rings (SSSR count). The molecule has 0 bridgehead atoms. The van der Waals surface area contributed by atoms with Crippen molar-refractivity contribution in [1.29, 1.82) is 0 Å². The summed E-state index contributed by atoms with van der Waals surface area (Å²) < 4.78 is 44.4. The fourth-order valence-electron chi connectivity index (χ4n) is 5.08. The lowest BCUT2D eigenvalue weighted by molar-refractivity contribution is -0.0215. The largest absolute Gasteiger partial charge is 0.448 e. The third-order valence-corrected chi connectivity index (χ3v) is 7.56. The number of rotatable bonds is 25. The predicted molar refractivity (Wildman–Crippen MR) is 179 cm³/mol. The van der Waals surface area contributed by atoms with Gasteiger partial charge in [-0.2, -0.15) is 0 Å². The molecule has 0 aliphatic heterocycles. The van der Waals surface area contributed by atoms with Gasteiger partial charge in [0.05, 0.1) is 92.5 Å². The topological polar surface area (TPSA) is 94.2 Å². The first kappa shape index (κ1) is 36.5. The molecule has 0 unspecified atom stereocenters. The molecule has 1 aliphatic rings. The predicted octanol–water partition coefficient (Wildman–Crippen LogP) is 5.18. The van der Waals surface area contributed by atoms with E-state index in [4.69, 9.17) is 37.9 Å². The van der Waals surface area contributed by atoms with E-state index in [0.717, 1.165) is 5.56 Å². The molecule has 0 aromatic heterocycles. The molecule has 10 heteroatoms. The van der Waals surface area contributed by atoms with E-state index in [1.807, 2.05) is 54.6 Å². The standard InChI is InChI=1S/C37H49NO9/c1-38(37(39)47-30-36-34-13-7-5-11-32(34)33-12-6-8-14-35(33)36)15-16-40-17-18-41-19-20-42-21-22-43-23-24-44-25-26-45-27-28-46-29-31-9-3-2-4-10-31/h2-14,36H,15-30H2,1H3. The fourth-order valence-corrected chi connectivity index (χ4v) is 5.08. The second kappa shape index (κ2) is 22.3. The summed E-state index contributed by atoms with van der Waals surface area (Å²) in [6.07, 6.45) is -0.359. The molecular formula is C37H49NO9. The molecule has 0 saturated heterocycles. The zero-order valence-corrected chi connectivity index (χ0v) is 27.5. The Hall–Kier alpha value is -3.35. The van der Waals surface area contributed by atoms with Crippen molar-refractivity contribution in [2.24, 2.45) is 0 Å². The molecule has 256 valence electrons. The first-order valence-corrected chi connectivity index (χ1v) is 16.4. The van der Waals surface area contributed by atoms with Crippen LogP contribution in [0.2, 0.25) is 0 Å². The third kappa shape index (κ3) is 13.4. The van der Waals surface area contributed by atoms with Crippen molar-refractivity contribution in [2.75, 3.05) is 106 Å². The van der Waals surface area contributed by atoms with E-state index in [0.29, 0.717) is 106 Å². The van der Waals surface area contributed by atoms with Gasteiger partial charge < -0.3 is 42.8 Å². The summed E-state index contributed by atoms with van der Waals surface area (Å²) in [4.78, 5) is 14.1. The molecular weight excluding hydrogens is 602 g/mol. The number of carbonyl (C=O) groups is 1. The second-order valence-corrected chi connectivity index (χ2v) is 10.9. The summed E-state index contributed by atoms with van der Waals surface area (Å²) in [5.74, 6) is 0.0444. The second-order valence-electron chi connectivity index (χ2n) is 10.9. The maximum absolute atomic E-state index is 12.6. The van der Waals surface area contributed by atoms with Gasteiger partial charge in [-0.3, -0.25) is 0 Å². The van der Waals surface area contributed by atoms with Crippen LogP contribution in [0.1, 0.15) is 22.6 Å². The highest BCUT2D eigenvalue weighted by atomic mass is 16.6. The highest BCUT2D eigenvalue weighted by Gasteiger charge is 2.29. The molecule has 10 nitrogen and oxygen atoms in total. The summed E-state index contributed by atoms with van der Waals surface area (Å²) in [7, 11) is 1.72. The van der Waals surface area contributed by atoms with Gasteiger partial charge in [-0.15, -0.1) is 0 Å². The van der Waals surface area contributed by atoms with Crippen LogP contribution in [0.25, 0.3) is 11.1 Å². The van der Waals surface area contributed by atoms with Gasteiger partial charge >= 0.3 is 6.09 Å². The van der Waals surface area contributed by atoms with Crippen LogP contribution < -0.4 is 0 Å². The van der Waals surface area contributed by atoms with Gasteiger partial charge in [-0.1, -0.05) is 78.9 Å². The number of likely N-dealkylation sites (N-methyl/N-ethyl adjacent to an activating group) is 1. The minimum absolute atomic E-state index is 0.0444. The van der Waals surface area contributed by atoms with Crippen molar-refractivity contribution in [3.8, 4) is 11.1 Å². The van der Waals surface area contributed by atoms with Gasteiger partial charge in [-0.05, 0) is 27.8 Å². The van der Waals surface area contributed by atoms with Gasteiger partial charge in [0.25, 0.3) is 0 Å². The van der Waals surface area contributed by atoms with Crippen molar-refractivity contribution < 1.29 is 42.7 Å². The number of hydrogen-bond acceptors (Lipinski definition) is 9. The van der Waals surface area contributed by atoms with E-state index in [9.17, 15) is 4.79 Å². The number of carbonyl (C=O) groups excluding carboxylic acids is 1. The Bertz CT molecular complexity index is 1230. The average molecular weight is 652 g/mol. The fraction of sp³-hybridized carbons (Fsp3) is 0.486. The number of nitrogens with zero attached hydrogens (tertiary/aromatic N) is 1. The lowest BCUT2D eigenvalue weighted by Crippen LogP contribution is -2.32. The lowest BCUT2D eigenvalue weighted by atomic mass is 9.98. The first-order chi connectivity index (χ1) is 23.2. The Morgan fingerprint density at radius 3 is 1.43 bits per heavy atom. The van der Waals surface area contributed by atoms with Gasteiger partial charge in [0, 0.05) is 19.5 Å². The zero-order valence-electron chi connectivity index (χ0n) is 27.5. The number of benzene rings is 3. The Balaban J connectivity index is 0.871. The Morgan fingerprint density at radius 1 is 0.532 bits per heavy atom. The van der Waals surface area contributed by atoms with Gasteiger partial charge in [0.15, 0.2) is 0 Å². The van der Waals surface area contributed by atoms with Crippen molar-refractivity contribution in [3.63, 3.8) is 0 Å². The van der Waals surface area contributed by atoms with E-state index in [2.05, 4.69) is 24.3 Å². The molecule has 0 spiro atoms. The van der Waals surface area contributed by atoms with Crippen LogP contribution in [-0.4, -0.2) is 117 Å². The quantitative estimate of drug-likeness (QED) is 0.115. The summed E-state index contributed by atoms with van der Waals surface area (Å²) in [6, 6.07) is 26.7. The van der Waals surface area contributed by atoms with Crippen LogP contribution in [0.3, 0.4) is 0 Å². The molecule has 0 fully saturated rings. The molecule has 3 aromatic carbocycles. The molecule has 3 aromatic rings. The van der Waals surface area contributed by atoms with E-state index in [-0.39, 0.29) is 12.0 Å². The molecule has 1 aliphatic carbocycles. The lowest BCUT2D eigenvalue weighted by Gasteiger charge is -2.19. The summed E-state index contributed by atoms with van der Waals surface area (Å²) in [5, 5.41) is 0. The van der Waals surface area contributed by atoms with Crippen molar-refractivity contribution in [3.05, 3.63) is 95.6 Å². The third-order valence-electron chi connectivity index (χ3n) is 7.56. The summed E-state index contributed by atoms with van der Waals surface area (Å²) >= 11 is 0. The Morgan fingerprint density at radius 2 is 0.936 bits per heavy atom. The number of hydrogen-bond donors (Lipinski definition) is 0. The van der Waals surface area contributed by atoms with Crippen LogP contribution in [0.15, 0.2) is 78.9 Å². The Labute approximate surface area is 278 Å². The average Bonchev–Trinajstić information content (AvgIpc) is 3.43. The van der Waals surface area contributed by atoms with Crippen molar-refractivity contribution >= 4 is 6.09 Å². The number of fused-ring (bicyclic) bond motifs is 3. The van der Waals surface area contributed by atoms with E-state index >= 15 is 0 Å². The van der Waals surface area contributed by atoms with Gasteiger partial charge in [-0.25, -0.2) is 4.79 Å². The van der Waals surface area contributed by atoms with Gasteiger partial charge in [0.1, 0.15) is 6.61 Å². The van der Waals surface area contributed by atoms with Crippen LogP contribution in [0.4, 0.5) is 4.79 Å². The monoisotopic (exact) mass is 651 g/mol. The minimum atomic E-state index is -0.359. The summed E-state index contributed by atoms with van der Waals surface area (Å²) in [6.45, 7) is 7.76. The maximum atomic E-state index is 12.6. The van der Waals surface area contributed by atoms with Crippen molar-refractivity contribution in [1.82, 2.24) is 4.90 Å². The highest BCUT2D eigenvalue weighted by Crippen LogP contribution is 2.44. The SMILES string of the molecule is CN(CCOCCOCCOCCOCCOCCOCCOCc1ccccc1)C(=O)OCC1c2ccccc2-c2ccccc21. The van der Waals surface area contributed by atoms with Gasteiger partial charge in [0.2, 0.25) is 0 Å². The smallest absolute Gasteiger partial charge is 0.409 e. The number of amides is 1. The molecule has 0 radical (unpaired) electrons. The van der Waals surface area contributed by atoms with E-state index in [1.54, 1.807) is 7.05 Å². The molecule has 0 atom stereocenters. The van der Waals surface area contributed by atoms with Crippen LogP contribution in [0, 0.1) is 0 Å². The summed E-state index contributed by atoms with van der Waals surface area (Å²) in [5.41, 5.74) is 5.97. The molecule has 0 saturated carbocycles. The highest BCUT2D eigenvalue weighted by molar-refractivity contribution is 5.79. The molecule has 1 amide bonds. The zero-order chi connectivity index (χ0) is 32.8. The molecule has 0 N–H and O–H groups in total. The normalized spacial score (nSPS) is 12.2. The molecule has 47 heavy (non-hydrogen) atoms. The van der Waals surface area contributed by atoms with Crippen LogP contribution in [-0.2, 0) is 44.5 Å². The van der Waals surface area contributed by atoms with Crippen LogP contribution >= 0.6 is 0 Å². The maximum Gasteiger partial charge on any atom is 0.409 e. The Kier molecular flexibility index (Phi) is 17.3. The first-order valence-electron chi connectivity index (χ1n) is 16.4. The minimum Gasteiger partial charge on any atom is -0.448 e. The molecule has 0 heterocycles. The van der Waals surface area contributed by atoms with Crippen molar-refractivity contribution in [2.45, 2.75) is 12.5 Å². The van der Waals surface area contributed by atoms with Crippen LogP contribution in [0.5, 0.6) is 0 Å². The number of ether oxygens (including phenoxy) is 8. The van der Waals surface area contributed by atoms with E-state index in [1.165, 1.54) is 27.2 Å². The van der Waals surface area contributed by atoms with E-state index < -0.39 is 0 Å².